The standard InChI is InChI=1S/C11H21NO2S/c1-4-7-12-11(10(13)14-5-2)6-8-15-9(11)3/h9,12H,4-8H2,1-3H3. The highest BCUT2D eigenvalue weighted by atomic mass is 32.2. The highest BCUT2D eigenvalue weighted by Crippen LogP contribution is 2.36. The van der Waals surface area contributed by atoms with Gasteiger partial charge in [-0.25, -0.2) is 0 Å². The third-order valence-corrected chi connectivity index (χ3v) is 4.23. The number of carbonyl (C=O) groups excluding carboxylic acids is 1. The molecule has 1 aliphatic heterocycles. The maximum atomic E-state index is 12.0. The molecule has 0 aliphatic carbocycles. The van der Waals surface area contributed by atoms with Crippen LogP contribution < -0.4 is 5.32 Å². The molecule has 1 saturated heterocycles. The molecule has 15 heavy (non-hydrogen) atoms. The van der Waals surface area contributed by atoms with Gasteiger partial charge < -0.3 is 10.1 Å². The number of ether oxygens (including phenoxy) is 1. The second kappa shape index (κ2) is 5.75. The van der Waals surface area contributed by atoms with E-state index in [1.807, 2.05) is 18.7 Å². The smallest absolute Gasteiger partial charge is 0.327 e. The molecule has 0 radical (unpaired) electrons. The van der Waals surface area contributed by atoms with E-state index in [-0.39, 0.29) is 5.97 Å². The Morgan fingerprint density at radius 3 is 2.80 bits per heavy atom. The van der Waals surface area contributed by atoms with E-state index in [2.05, 4.69) is 19.2 Å². The molecular weight excluding hydrogens is 210 g/mol. The molecule has 1 N–H and O–H groups in total. The highest BCUT2D eigenvalue weighted by molar-refractivity contribution is 8.00. The summed E-state index contributed by atoms with van der Waals surface area (Å²) in [6, 6.07) is 0. The van der Waals surface area contributed by atoms with Crippen molar-refractivity contribution in [3.05, 3.63) is 0 Å². The Morgan fingerprint density at radius 1 is 1.60 bits per heavy atom. The predicted molar refractivity (Wildman–Crippen MR) is 64.2 cm³/mol. The maximum Gasteiger partial charge on any atom is 0.327 e. The summed E-state index contributed by atoms with van der Waals surface area (Å²) in [4.78, 5) is 12.0. The Kier molecular flexibility index (Phi) is 4.93. The first-order valence-corrected chi connectivity index (χ1v) is 6.76. The fraction of sp³-hybridized carbons (Fsp3) is 0.909. The molecule has 2 atom stereocenters. The monoisotopic (exact) mass is 231 g/mol. The molecule has 0 aromatic heterocycles. The zero-order valence-corrected chi connectivity index (χ0v) is 10.7. The van der Waals surface area contributed by atoms with Crippen LogP contribution in [0.1, 0.15) is 33.6 Å². The first kappa shape index (κ1) is 12.8. The molecule has 0 amide bonds. The fourth-order valence-electron chi connectivity index (χ4n) is 1.92. The zero-order valence-electron chi connectivity index (χ0n) is 9.84. The lowest BCUT2D eigenvalue weighted by molar-refractivity contribution is -0.151. The average Bonchev–Trinajstić information content (AvgIpc) is 2.58. The molecule has 1 aliphatic rings. The van der Waals surface area contributed by atoms with Crippen LogP contribution >= 0.6 is 11.8 Å². The number of esters is 1. The van der Waals surface area contributed by atoms with Crippen molar-refractivity contribution in [1.29, 1.82) is 0 Å². The molecule has 1 rings (SSSR count). The van der Waals surface area contributed by atoms with Gasteiger partial charge in [0.15, 0.2) is 0 Å². The van der Waals surface area contributed by atoms with Crippen LogP contribution in [-0.4, -0.2) is 35.7 Å². The van der Waals surface area contributed by atoms with Crippen molar-refractivity contribution in [1.82, 2.24) is 5.32 Å². The molecule has 0 saturated carbocycles. The van der Waals surface area contributed by atoms with Gasteiger partial charge >= 0.3 is 5.97 Å². The zero-order chi connectivity index (χ0) is 11.3. The summed E-state index contributed by atoms with van der Waals surface area (Å²) in [6.45, 7) is 7.42. The van der Waals surface area contributed by atoms with Gasteiger partial charge in [0.1, 0.15) is 5.54 Å². The summed E-state index contributed by atoms with van der Waals surface area (Å²) in [7, 11) is 0. The Morgan fingerprint density at radius 2 is 2.33 bits per heavy atom. The van der Waals surface area contributed by atoms with Gasteiger partial charge in [-0.3, -0.25) is 4.79 Å². The number of carbonyl (C=O) groups is 1. The van der Waals surface area contributed by atoms with Gasteiger partial charge in [0.2, 0.25) is 0 Å². The van der Waals surface area contributed by atoms with Gasteiger partial charge in [-0.2, -0.15) is 11.8 Å². The second-order valence-corrected chi connectivity index (χ2v) is 5.33. The van der Waals surface area contributed by atoms with Crippen molar-refractivity contribution in [2.45, 2.75) is 44.4 Å². The molecule has 88 valence electrons. The van der Waals surface area contributed by atoms with E-state index in [1.54, 1.807) is 0 Å². The Hall–Kier alpha value is -0.220. The van der Waals surface area contributed by atoms with Crippen molar-refractivity contribution in [2.24, 2.45) is 0 Å². The minimum Gasteiger partial charge on any atom is -0.465 e. The minimum atomic E-state index is -0.434. The summed E-state index contributed by atoms with van der Waals surface area (Å²) in [5, 5.41) is 3.69. The predicted octanol–water partition coefficient (Wildman–Crippen LogP) is 1.81. The summed E-state index contributed by atoms with van der Waals surface area (Å²) in [5.74, 6) is 0.965. The Balaban J connectivity index is 2.71. The van der Waals surface area contributed by atoms with Crippen LogP contribution in [0.5, 0.6) is 0 Å². The molecule has 3 nitrogen and oxygen atoms in total. The lowest BCUT2D eigenvalue weighted by Crippen LogP contribution is -2.57. The fourth-order valence-corrected chi connectivity index (χ4v) is 3.30. The number of thioether (sulfide) groups is 1. The highest BCUT2D eigenvalue weighted by Gasteiger charge is 2.48. The first-order chi connectivity index (χ1) is 7.17. The van der Waals surface area contributed by atoms with E-state index in [9.17, 15) is 4.79 Å². The number of nitrogens with one attached hydrogen (secondary N) is 1. The maximum absolute atomic E-state index is 12.0. The third-order valence-electron chi connectivity index (χ3n) is 2.89. The van der Waals surface area contributed by atoms with E-state index >= 15 is 0 Å². The van der Waals surface area contributed by atoms with Crippen molar-refractivity contribution < 1.29 is 9.53 Å². The lowest BCUT2D eigenvalue weighted by Gasteiger charge is -2.31. The molecule has 0 spiro atoms. The summed E-state index contributed by atoms with van der Waals surface area (Å²) < 4.78 is 5.18. The lowest BCUT2D eigenvalue weighted by atomic mass is 9.92. The van der Waals surface area contributed by atoms with Crippen molar-refractivity contribution in [3.8, 4) is 0 Å². The molecular formula is C11H21NO2S. The van der Waals surface area contributed by atoms with Crippen LogP contribution in [0, 0.1) is 0 Å². The van der Waals surface area contributed by atoms with Gasteiger partial charge in [-0.1, -0.05) is 13.8 Å². The Labute approximate surface area is 96.3 Å². The number of rotatable bonds is 5. The number of hydrogen-bond donors (Lipinski definition) is 1. The first-order valence-electron chi connectivity index (χ1n) is 5.71. The SMILES string of the molecule is CCCNC1(C(=O)OCC)CCSC1C. The molecule has 1 heterocycles. The summed E-state index contributed by atoms with van der Waals surface area (Å²) in [5.41, 5.74) is -0.434. The van der Waals surface area contributed by atoms with Crippen molar-refractivity contribution >= 4 is 17.7 Å². The van der Waals surface area contributed by atoms with Crippen LogP contribution in [0.2, 0.25) is 0 Å². The van der Waals surface area contributed by atoms with E-state index in [1.165, 1.54) is 0 Å². The number of hydrogen-bond acceptors (Lipinski definition) is 4. The molecule has 0 aromatic rings. The van der Waals surface area contributed by atoms with Gasteiger partial charge in [0.25, 0.3) is 0 Å². The van der Waals surface area contributed by atoms with Gasteiger partial charge in [0.05, 0.1) is 6.61 Å². The third kappa shape index (κ3) is 2.67. The topological polar surface area (TPSA) is 38.3 Å². The minimum absolute atomic E-state index is 0.0732. The average molecular weight is 231 g/mol. The van der Waals surface area contributed by atoms with Crippen LogP contribution in [0.4, 0.5) is 0 Å². The Bertz CT molecular complexity index is 223. The molecule has 2 unspecified atom stereocenters. The van der Waals surface area contributed by atoms with Crippen LogP contribution in [0.3, 0.4) is 0 Å². The summed E-state index contributed by atoms with van der Waals surface area (Å²) in [6.07, 6.45) is 1.93. The molecule has 0 aromatic carbocycles. The van der Waals surface area contributed by atoms with E-state index in [0.717, 1.165) is 25.1 Å². The van der Waals surface area contributed by atoms with E-state index in [4.69, 9.17) is 4.74 Å². The summed E-state index contributed by atoms with van der Waals surface area (Å²) >= 11 is 1.85. The van der Waals surface area contributed by atoms with Gasteiger partial charge in [0, 0.05) is 5.25 Å². The van der Waals surface area contributed by atoms with Crippen molar-refractivity contribution in [2.75, 3.05) is 18.9 Å². The van der Waals surface area contributed by atoms with E-state index in [0.29, 0.717) is 11.9 Å². The van der Waals surface area contributed by atoms with Crippen LogP contribution in [-0.2, 0) is 9.53 Å². The van der Waals surface area contributed by atoms with Crippen LogP contribution in [0.15, 0.2) is 0 Å². The normalized spacial score (nSPS) is 30.5. The van der Waals surface area contributed by atoms with Gasteiger partial charge in [-0.15, -0.1) is 0 Å². The molecule has 4 heteroatoms. The largest absolute Gasteiger partial charge is 0.465 e. The quantitative estimate of drug-likeness (QED) is 0.732. The van der Waals surface area contributed by atoms with Crippen LogP contribution in [0.25, 0.3) is 0 Å². The molecule has 0 bridgehead atoms. The van der Waals surface area contributed by atoms with Crippen molar-refractivity contribution in [3.63, 3.8) is 0 Å². The molecule has 1 fully saturated rings. The van der Waals surface area contributed by atoms with Gasteiger partial charge in [-0.05, 0) is 32.1 Å². The second-order valence-electron chi connectivity index (χ2n) is 3.88. The van der Waals surface area contributed by atoms with E-state index < -0.39 is 5.54 Å².